The summed E-state index contributed by atoms with van der Waals surface area (Å²) in [5, 5.41) is 15.3. The van der Waals surface area contributed by atoms with Gasteiger partial charge < -0.3 is 15.7 Å². The van der Waals surface area contributed by atoms with Crippen LogP contribution in [0.4, 0.5) is 5.69 Å². The van der Waals surface area contributed by atoms with Crippen molar-refractivity contribution in [2.24, 2.45) is 0 Å². The quantitative estimate of drug-likeness (QED) is 0.804. The van der Waals surface area contributed by atoms with E-state index < -0.39 is 0 Å². The van der Waals surface area contributed by atoms with Crippen LogP contribution in [-0.2, 0) is 19.6 Å². The van der Waals surface area contributed by atoms with Crippen molar-refractivity contribution in [2.75, 3.05) is 11.9 Å². The van der Waals surface area contributed by atoms with Crippen LogP contribution in [0.25, 0.3) is 0 Å². The van der Waals surface area contributed by atoms with Crippen molar-refractivity contribution in [1.29, 1.82) is 0 Å². The monoisotopic (exact) mass is 282 g/mol. The Kier molecular flexibility index (Phi) is 3.88. The molecular formula is C17H18N2O2. The number of carbonyl (C=O) groups excluding carboxylic acids is 1. The summed E-state index contributed by atoms with van der Waals surface area (Å²) in [4.78, 5) is 12.2. The van der Waals surface area contributed by atoms with Gasteiger partial charge in [-0.05, 0) is 35.2 Å². The van der Waals surface area contributed by atoms with Gasteiger partial charge in [0.25, 0.3) is 5.91 Å². The fourth-order valence-electron chi connectivity index (χ4n) is 2.55. The second-order valence-electron chi connectivity index (χ2n) is 5.21. The molecule has 0 saturated carbocycles. The maximum absolute atomic E-state index is 12.2. The van der Waals surface area contributed by atoms with Crippen LogP contribution in [0.5, 0.6) is 0 Å². The number of benzene rings is 2. The van der Waals surface area contributed by atoms with Crippen molar-refractivity contribution in [1.82, 2.24) is 5.32 Å². The maximum atomic E-state index is 12.2. The Balaban J connectivity index is 1.66. The lowest BCUT2D eigenvalue weighted by Crippen LogP contribution is -2.22. The third-order valence-corrected chi connectivity index (χ3v) is 3.71. The molecule has 2 aromatic rings. The highest BCUT2D eigenvalue weighted by atomic mass is 16.3. The highest BCUT2D eigenvalue weighted by Crippen LogP contribution is 2.23. The first kappa shape index (κ1) is 13.6. The minimum Gasteiger partial charge on any atom is -0.392 e. The van der Waals surface area contributed by atoms with E-state index in [0.717, 1.165) is 29.8 Å². The molecule has 21 heavy (non-hydrogen) atoms. The molecule has 2 aromatic carbocycles. The van der Waals surface area contributed by atoms with Crippen LogP contribution < -0.4 is 10.6 Å². The number of hydrogen-bond acceptors (Lipinski definition) is 3. The molecule has 0 bridgehead atoms. The number of aliphatic hydroxyl groups excluding tert-OH is 1. The van der Waals surface area contributed by atoms with Crippen molar-refractivity contribution in [3.63, 3.8) is 0 Å². The molecule has 0 saturated heterocycles. The van der Waals surface area contributed by atoms with E-state index in [1.807, 2.05) is 42.5 Å². The smallest absolute Gasteiger partial charge is 0.251 e. The minimum absolute atomic E-state index is 0.0122. The molecule has 1 aliphatic rings. The maximum Gasteiger partial charge on any atom is 0.251 e. The number of fused-ring (bicyclic) bond motifs is 1. The summed E-state index contributed by atoms with van der Waals surface area (Å²) in [6.07, 6.45) is 1.02. The summed E-state index contributed by atoms with van der Waals surface area (Å²) in [7, 11) is 0. The molecule has 0 radical (unpaired) electrons. The van der Waals surface area contributed by atoms with Gasteiger partial charge in [0.15, 0.2) is 0 Å². The first-order chi connectivity index (χ1) is 10.3. The van der Waals surface area contributed by atoms with Crippen molar-refractivity contribution >= 4 is 11.6 Å². The predicted molar refractivity (Wildman–Crippen MR) is 82.2 cm³/mol. The summed E-state index contributed by atoms with van der Waals surface area (Å²) in [6.45, 7) is 1.41. The predicted octanol–water partition coefficient (Wildman–Crippen LogP) is 2.08. The average Bonchev–Trinajstić information content (AvgIpc) is 3.00. The van der Waals surface area contributed by atoms with Gasteiger partial charge in [-0.25, -0.2) is 0 Å². The van der Waals surface area contributed by atoms with E-state index >= 15 is 0 Å². The number of amides is 1. The van der Waals surface area contributed by atoms with Gasteiger partial charge >= 0.3 is 0 Å². The molecule has 1 heterocycles. The standard InChI is InChI=1S/C17H18N2O2/c20-11-13-3-1-2-12(8-13)10-19-17(21)15-5-4-14-6-7-18-16(14)9-15/h1-5,8-9,18,20H,6-7,10-11H2,(H,19,21). The van der Waals surface area contributed by atoms with Gasteiger partial charge in [0.2, 0.25) is 0 Å². The summed E-state index contributed by atoms with van der Waals surface area (Å²) < 4.78 is 0. The van der Waals surface area contributed by atoms with Crippen LogP contribution in [0.1, 0.15) is 27.0 Å². The van der Waals surface area contributed by atoms with Crippen LogP contribution in [-0.4, -0.2) is 17.6 Å². The van der Waals surface area contributed by atoms with Crippen LogP contribution in [0.3, 0.4) is 0 Å². The molecule has 0 aromatic heterocycles. The first-order valence-corrected chi connectivity index (χ1v) is 7.10. The number of anilines is 1. The second kappa shape index (κ2) is 5.97. The number of hydrogen-bond donors (Lipinski definition) is 3. The second-order valence-corrected chi connectivity index (χ2v) is 5.21. The van der Waals surface area contributed by atoms with E-state index in [0.29, 0.717) is 12.1 Å². The highest BCUT2D eigenvalue weighted by Gasteiger charge is 2.13. The van der Waals surface area contributed by atoms with Gasteiger partial charge in [-0.1, -0.05) is 30.3 Å². The zero-order chi connectivity index (χ0) is 14.7. The molecule has 4 heteroatoms. The lowest BCUT2D eigenvalue weighted by molar-refractivity contribution is 0.0951. The van der Waals surface area contributed by atoms with Crippen molar-refractivity contribution < 1.29 is 9.90 Å². The Morgan fingerprint density at radius 1 is 1.19 bits per heavy atom. The highest BCUT2D eigenvalue weighted by molar-refractivity contribution is 5.95. The Hall–Kier alpha value is -2.33. The van der Waals surface area contributed by atoms with Gasteiger partial charge in [0.05, 0.1) is 6.61 Å². The molecule has 108 valence electrons. The van der Waals surface area contributed by atoms with Crippen LogP contribution in [0, 0.1) is 0 Å². The van der Waals surface area contributed by atoms with Gasteiger partial charge in [0, 0.05) is 24.3 Å². The zero-order valence-electron chi connectivity index (χ0n) is 11.7. The number of aliphatic hydroxyl groups is 1. The molecule has 1 aliphatic heterocycles. The Morgan fingerprint density at radius 2 is 2.05 bits per heavy atom. The number of rotatable bonds is 4. The summed E-state index contributed by atoms with van der Waals surface area (Å²) in [6, 6.07) is 13.3. The molecule has 1 amide bonds. The van der Waals surface area contributed by atoms with E-state index in [1.165, 1.54) is 5.56 Å². The largest absolute Gasteiger partial charge is 0.392 e. The number of carbonyl (C=O) groups is 1. The van der Waals surface area contributed by atoms with Crippen molar-refractivity contribution in [2.45, 2.75) is 19.6 Å². The van der Waals surface area contributed by atoms with Gasteiger partial charge in [-0.15, -0.1) is 0 Å². The van der Waals surface area contributed by atoms with Crippen LogP contribution >= 0.6 is 0 Å². The lowest BCUT2D eigenvalue weighted by Gasteiger charge is -2.08. The molecular weight excluding hydrogens is 264 g/mol. The SMILES string of the molecule is O=C(NCc1cccc(CO)c1)c1ccc2c(c1)NCC2. The molecule has 4 nitrogen and oxygen atoms in total. The van der Waals surface area contributed by atoms with E-state index in [-0.39, 0.29) is 12.5 Å². The van der Waals surface area contributed by atoms with Crippen LogP contribution in [0.2, 0.25) is 0 Å². The van der Waals surface area contributed by atoms with Crippen molar-refractivity contribution in [3.05, 3.63) is 64.7 Å². The lowest BCUT2D eigenvalue weighted by atomic mass is 10.1. The molecule has 0 atom stereocenters. The molecule has 0 fully saturated rings. The van der Waals surface area contributed by atoms with E-state index in [9.17, 15) is 4.79 Å². The Labute approximate surface area is 123 Å². The van der Waals surface area contributed by atoms with Gasteiger partial charge in [0.1, 0.15) is 0 Å². The van der Waals surface area contributed by atoms with Crippen LogP contribution in [0.15, 0.2) is 42.5 Å². The zero-order valence-corrected chi connectivity index (χ0v) is 11.7. The first-order valence-electron chi connectivity index (χ1n) is 7.10. The van der Waals surface area contributed by atoms with E-state index in [1.54, 1.807) is 0 Å². The number of nitrogens with one attached hydrogen (secondary N) is 2. The van der Waals surface area contributed by atoms with E-state index in [4.69, 9.17) is 5.11 Å². The Morgan fingerprint density at radius 3 is 2.90 bits per heavy atom. The summed E-state index contributed by atoms with van der Waals surface area (Å²) >= 11 is 0. The summed E-state index contributed by atoms with van der Waals surface area (Å²) in [5.74, 6) is -0.0825. The van der Waals surface area contributed by atoms with Crippen molar-refractivity contribution in [3.8, 4) is 0 Å². The van der Waals surface area contributed by atoms with Gasteiger partial charge in [-0.2, -0.15) is 0 Å². The molecule has 0 aliphatic carbocycles. The molecule has 0 spiro atoms. The third kappa shape index (κ3) is 3.06. The molecule has 3 N–H and O–H groups in total. The van der Waals surface area contributed by atoms with E-state index in [2.05, 4.69) is 10.6 Å². The molecule has 0 unspecified atom stereocenters. The fourth-order valence-corrected chi connectivity index (χ4v) is 2.55. The Bertz CT molecular complexity index is 668. The fraction of sp³-hybridized carbons (Fsp3) is 0.235. The topological polar surface area (TPSA) is 61.4 Å². The van der Waals surface area contributed by atoms with Gasteiger partial charge in [-0.3, -0.25) is 4.79 Å². The molecule has 3 rings (SSSR count). The third-order valence-electron chi connectivity index (χ3n) is 3.71. The summed E-state index contributed by atoms with van der Waals surface area (Å²) in [5.41, 5.74) is 4.83. The normalized spacial score (nSPS) is 12.6. The minimum atomic E-state index is -0.0825. The average molecular weight is 282 g/mol.